The van der Waals surface area contributed by atoms with Gasteiger partial charge in [-0.2, -0.15) is 4.98 Å². The molecule has 25 heavy (non-hydrogen) atoms. The lowest BCUT2D eigenvalue weighted by atomic mass is 10.1. The molecule has 136 valence electrons. The van der Waals surface area contributed by atoms with Crippen LogP contribution in [0.5, 0.6) is 0 Å². The van der Waals surface area contributed by atoms with Crippen molar-refractivity contribution in [2.75, 3.05) is 45.3 Å². The molecule has 7 nitrogen and oxygen atoms in total. The van der Waals surface area contributed by atoms with Crippen LogP contribution in [-0.4, -0.2) is 67.9 Å². The lowest BCUT2D eigenvalue weighted by Gasteiger charge is -2.42. The van der Waals surface area contributed by atoms with Crippen molar-refractivity contribution in [2.24, 2.45) is 0 Å². The van der Waals surface area contributed by atoms with Crippen LogP contribution < -0.4 is 4.90 Å². The molecule has 0 N–H and O–H groups in total. The van der Waals surface area contributed by atoms with Crippen LogP contribution in [0.15, 0.2) is 28.7 Å². The van der Waals surface area contributed by atoms with E-state index in [0.717, 1.165) is 11.1 Å². The molecule has 0 radical (unpaired) electrons. The number of benzene rings is 1. The first-order valence-corrected chi connectivity index (χ1v) is 8.40. The Kier molecular flexibility index (Phi) is 4.96. The summed E-state index contributed by atoms with van der Waals surface area (Å²) in [5.41, 5.74) is 1.25. The van der Waals surface area contributed by atoms with Crippen molar-refractivity contribution in [1.29, 1.82) is 0 Å². The van der Waals surface area contributed by atoms with Crippen LogP contribution in [-0.2, 0) is 14.3 Å². The molecule has 0 saturated carbocycles. The molecule has 1 amide bonds. The monoisotopic (exact) mass is 347 g/mol. The summed E-state index contributed by atoms with van der Waals surface area (Å²) in [6.07, 6.45) is -0.159. The summed E-state index contributed by atoms with van der Waals surface area (Å²) >= 11 is 0. The van der Waals surface area contributed by atoms with Gasteiger partial charge < -0.3 is 23.7 Å². The fourth-order valence-corrected chi connectivity index (χ4v) is 2.93. The number of anilines is 1. The van der Waals surface area contributed by atoms with Gasteiger partial charge in [-0.15, -0.1) is 0 Å². The van der Waals surface area contributed by atoms with Gasteiger partial charge in [0.25, 0.3) is 6.01 Å². The van der Waals surface area contributed by atoms with E-state index >= 15 is 0 Å². The van der Waals surface area contributed by atoms with Crippen molar-refractivity contribution < 1.29 is 18.7 Å². The van der Waals surface area contributed by atoms with E-state index in [9.17, 15) is 4.79 Å². The maximum Gasteiger partial charge on any atom is 0.298 e. The molecule has 1 fully saturated rings. The molecule has 3 rings (SSSR count). The zero-order chi connectivity index (χ0) is 18.0. The third-order valence-electron chi connectivity index (χ3n) is 4.06. The first-order valence-electron chi connectivity index (χ1n) is 8.40. The van der Waals surface area contributed by atoms with Crippen LogP contribution in [0, 0.1) is 0 Å². The van der Waals surface area contributed by atoms with E-state index in [2.05, 4.69) is 9.88 Å². The number of carbonyl (C=O) groups excluding carboxylic acids is 1. The summed E-state index contributed by atoms with van der Waals surface area (Å²) in [6, 6.07) is 8.30. The van der Waals surface area contributed by atoms with E-state index in [0.29, 0.717) is 25.7 Å². The topological polar surface area (TPSA) is 68.0 Å². The molecule has 1 aromatic heterocycles. The smallest absolute Gasteiger partial charge is 0.298 e. The van der Waals surface area contributed by atoms with Gasteiger partial charge in [-0.25, -0.2) is 0 Å². The normalized spacial score (nSPS) is 20.0. The van der Waals surface area contributed by atoms with E-state index < -0.39 is 0 Å². The van der Waals surface area contributed by atoms with Crippen molar-refractivity contribution in [3.63, 3.8) is 0 Å². The van der Waals surface area contributed by atoms with E-state index in [1.54, 1.807) is 14.1 Å². The van der Waals surface area contributed by atoms with Gasteiger partial charge in [0.1, 0.15) is 12.1 Å². The Morgan fingerprint density at radius 2 is 2.16 bits per heavy atom. The quantitative estimate of drug-likeness (QED) is 0.823. The van der Waals surface area contributed by atoms with Gasteiger partial charge >= 0.3 is 0 Å². The van der Waals surface area contributed by atoms with Gasteiger partial charge in [-0.1, -0.05) is 12.1 Å². The summed E-state index contributed by atoms with van der Waals surface area (Å²) in [5, 5.41) is 0. The molecule has 1 saturated heterocycles. The van der Waals surface area contributed by atoms with E-state index in [1.807, 2.05) is 38.1 Å². The number of morpholine rings is 1. The second kappa shape index (κ2) is 7.01. The Morgan fingerprint density at radius 1 is 1.40 bits per heavy atom. The SMILES string of the molecule is CN(C)C(=O)COC[C@H]1CN(c2nc3ccccc3o2)CC(C)(C)O1. The van der Waals surface area contributed by atoms with Crippen LogP contribution >= 0.6 is 0 Å². The van der Waals surface area contributed by atoms with E-state index in [4.69, 9.17) is 13.9 Å². The molecule has 1 aliphatic heterocycles. The number of carbonyl (C=O) groups is 1. The van der Waals surface area contributed by atoms with E-state index in [-0.39, 0.29) is 24.2 Å². The van der Waals surface area contributed by atoms with Crippen molar-refractivity contribution in [1.82, 2.24) is 9.88 Å². The first kappa shape index (κ1) is 17.7. The molecule has 1 aromatic carbocycles. The number of aromatic nitrogens is 1. The standard InChI is InChI=1S/C18H25N3O4/c1-18(2)12-21(17-19-14-7-5-6-8-15(14)24-17)9-13(25-18)10-23-11-16(22)20(3)4/h5-8,13H,9-12H2,1-4H3/t13-/m1/s1. The molecular weight excluding hydrogens is 322 g/mol. The number of hydrogen-bond donors (Lipinski definition) is 0. The number of likely N-dealkylation sites (N-methyl/N-ethyl adjacent to an activating group) is 1. The zero-order valence-electron chi connectivity index (χ0n) is 15.2. The third-order valence-corrected chi connectivity index (χ3v) is 4.06. The maximum absolute atomic E-state index is 11.6. The van der Waals surface area contributed by atoms with Gasteiger partial charge in [-0.05, 0) is 26.0 Å². The first-order chi connectivity index (χ1) is 11.8. The number of fused-ring (bicyclic) bond motifs is 1. The second-order valence-electron chi connectivity index (χ2n) is 7.15. The molecule has 0 aliphatic carbocycles. The second-order valence-corrected chi connectivity index (χ2v) is 7.15. The third kappa shape index (κ3) is 4.29. The Hall–Kier alpha value is -2.12. The van der Waals surface area contributed by atoms with Gasteiger partial charge in [0.05, 0.1) is 31.4 Å². The number of amides is 1. The van der Waals surface area contributed by atoms with Crippen LogP contribution in [0.3, 0.4) is 0 Å². The molecule has 7 heteroatoms. The van der Waals surface area contributed by atoms with Gasteiger partial charge in [0.15, 0.2) is 5.58 Å². The highest BCUT2D eigenvalue weighted by atomic mass is 16.6. The molecule has 2 heterocycles. The molecule has 2 aromatic rings. The van der Waals surface area contributed by atoms with Crippen LogP contribution in [0.2, 0.25) is 0 Å². The largest absolute Gasteiger partial charge is 0.423 e. The molecule has 1 aliphatic rings. The highest BCUT2D eigenvalue weighted by Crippen LogP contribution is 2.28. The molecule has 0 bridgehead atoms. The van der Waals surface area contributed by atoms with Gasteiger partial charge in [0, 0.05) is 14.1 Å². The number of ether oxygens (including phenoxy) is 2. The number of oxazole rings is 1. The van der Waals surface area contributed by atoms with Crippen LogP contribution in [0.25, 0.3) is 11.1 Å². The number of rotatable bonds is 5. The minimum Gasteiger partial charge on any atom is -0.423 e. The number of hydrogen-bond acceptors (Lipinski definition) is 6. The van der Waals surface area contributed by atoms with E-state index in [1.165, 1.54) is 4.90 Å². The molecular formula is C18H25N3O4. The van der Waals surface area contributed by atoms with Crippen molar-refractivity contribution in [2.45, 2.75) is 25.6 Å². The Labute approximate surface area is 147 Å². The predicted octanol–water partition coefficient (Wildman–Crippen LogP) is 1.92. The van der Waals surface area contributed by atoms with Gasteiger partial charge in [-0.3, -0.25) is 4.79 Å². The summed E-state index contributed by atoms with van der Waals surface area (Å²) in [6.45, 7) is 5.73. The number of para-hydroxylation sites is 2. The minimum atomic E-state index is -0.363. The molecule has 0 unspecified atom stereocenters. The zero-order valence-corrected chi connectivity index (χ0v) is 15.2. The van der Waals surface area contributed by atoms with Crippen LogP contribution in [0.4, 0.5) is 6.01 Å². The average molecular weight is 347 g/mol. The number of nitrogens with zero attached hydrogens (tertiary/aromatic N) is 3. The summed E-state index contributed by atoms with van der Waals surface area (Å²) < 4.78 is 17.5. The van der Waals surface area contributed by atoms with Crippen molar-refractivity contribution >= 4 is 23.0 Å². The van der Waals surface area contributed by atoms with Crippen molar-refractivity contribution in [3.8, 4) is 0 Å². The lowest BCUT2D eigenvalue weighted by Crippen LogP contribution is -2.54. The Bertz CT molecular complexity index is 708. The summed E-state index contributed by atoms with van der Waals surface area (Å²) in [5.74, 6) is -0.0640. The lowest BCUT2D eigenvalue weighted by molar-refractivity contribution is -0.139. The maximum atomic E-state index is 11.6. The van der Waals surface area contributed by atoms with Gasteiger partial charge in [0.2, 0.25) is 5.91 Å². The Morgan fingerprint density at radius 3 is 2.88 bits per heavy atom. The summed E-state index contributed by atoms with van der Waals surface area (Å²) in [7, 11) is 3.42. The highest BCUT2D eigenvalue weighted by molar-refractivity contribution is 5.76. The average Bonchev–Trinajstić information content (AvgIpc) is 2.97. The Balaban J connectivity index is 1.67. The highest BCUT2D eigenvalue weighted by Gasteiger charge is 2.35. The molecule has 1 atom stereocenters. The fraction of sp³-hybridized carbons (Fsp3) is 0.556. The van der Waals surface area contributed by atoms with Crippen molar-refractivity contribution in [3.05, 3.63) is 24.3 Å². The fourth-order valence-electron chi connectivity index (χ4n) is 2.93. The molecule has 0 spiro atoms. The predicted molar refractivity (Wildman–Crippen MR) is 94.7 cm³/mol. The minimum absolute atomic E-state index is 0.0518. The summed E-state index contributed by atoms with van der Waals surface area (Å²) in [4.78, 5) is 19.8. The van der Waals surface area contributed by atoms with Crippen LogP contribution in [0.1, 0.15) is 13.8 Å².